The van der Waals surface area contributed by atoms with Crippen LogP contribution in [0.4, 0.5) is 5.69 Å². The summed E-state index contributed by atoms with van der Waals surface area (Å²) in [7, 11) is 0. The first kappa shape index (κ1) is 12.4. The number of nitrogens with one attached hydrogen (secondary N) is 1. The van der Waals surface area contributed by atoms with Crippen molar-refractivity contribution in [3.05, 3.63) is 42.5 Å². The van der Waals surface area contributed by atoms with E-state index in [-0.39, 0.29) is 11.8 Å². The Morgan fingerprint density at radius 1 is 1.39 bits per heavy atom. The smallest absolute Gasteiger partial charge is 0.243 e. The van der Waals surface area contributed by atoms with Crippen molar-refractivity contribution in [1.29, 1.82) is 0 Å². The summed E-state index contributed by atoms with van der Waals surface area (Å²) in [6.07, 6.45) is 2.81. The summed E-state index contributed by atoms with van der Waals surface area (Å²) in [5, 5.41) is 2.71. The molecule has 0 unspecified atom stereocenters. The van der Waals surface area contributed by atoms with Crippen LogP contribution in [0.2, 0.25) is 0 Å². The molecule has 0 bridgehead atoms. The number of benzene rings is 1. The third kappa shape index (κ3) is 2.77. The second-order valence-electron chi connectivity index (χ2n) is 4.24. The lowest BCUT2D eigenvalue weighted by molar-refractivity contribution is -0.117. The zero-order chi connectivity index (χ0) is 13.0. The largest absolute Gasteiger partial charge is 0.348 e. The molecule has 1 heterocycles. The SMILES string of the molecule is C=CC(=O)NCc1ccc(N2CCCC2=O)cc1. The third-order valence-electron chi connectivity index (χ3n) is 2.97. The van der Waals surface area contributed by atoms with Crippen molar-refractivity contribution in [2.24, 2.45) is 0 Å². The monoisotopic (exact) mass is 244 g/mol. The van der Waals surface area contributed by atoms with Gasteiger partial charge in [0.25, 0.3) is 0 Å². The Balaban J connectivity index is 1.99. The predicted octanol–water partition coefficient (Wildman–Crippen LogP) is 1.62. The van der Waals surface area contributed by atoms with Crippen molar-refractivity contribution in [1.82, 2.24) is 5.32 Å². The molecule has 0 spiro atoms. The van der Waals surface area contributed by atoms with Gasteiger partial charge in [0.15, 0.2) is 0 Å². The van der Waals surface area contributed by atoms with Crippen LogP contribution in [-0.4, -0.2) is 18.4 Å². The van der Waals surface area contributed by atoms with Crippen LogP contribution in [-0.2, 0) is 16.1 Å². The van der Waals surface area contributed by atoms with Crippen LogP contribution in [0.5, 0.6) is 0 Å². The zero-order valence-electron chi connectivity index (χ0n) is 10.2. The minimum Gasteiger partial charge on any atom is -0.348 e. The van der Waals surface area contributed by atoms with E-state index in [0.29, 0.717) is 13.0 Å². The van der Waals surface area contributed by atoms with E-state index in [0.717, 1.165) is 24.2 Å². The van der Waals surface area contributed by atoms with Gasteiger partial charge in [-0.1, -0.05) is 18.7 Å². The molecule has 1 aromatic carbocycles. The highest BCUT2D eigenvalue weighted by atomic mass is 16.2. The van der Waals surface area contributed by atoms with Gasteiger partial charge in [0, 0.05) is 25.2 Å². The lowest BCUT2D eigenvalue weighted by Gasteiger charge is -2.15. The molecular weight excluding hydrogens is 228 g/mol. The van der Waals surface area contributed by atoms with Crippen LogP contribution in [0.3, 0.4) is 0 Å². The molecular formula is C14H16N2O2. The Morgan fingerprint density at radius 2 is 2.11 bits per heavy atom. The molecule has 0 aliphatic carbocycles. The Bertz CT molecular complexity index is 465. The number of nitrogens with zero attached hydrogens (tertiary/aromatic N) is 1. The van der Waals surface area contributed by atoms with Crippen molar-refractivity contribution in [3.63, 3.8) is 0 Å². The molecule has 1 aliphatic rings. The van der Waals surface area contributed by atoms with Gasteiger partial charge in [-0.3, -0.25) is 9.59 Å². The normalized spacial score (nSPS) is 14.7. The van der Waals surface area contributed by atoms with Gasteiger partial charge in [-0.15, -0.1) is 0 Å². The Kier molecular flexibility index (Phi) is 3.77. The third-order valence-corrected chi connectivity index (χ3v) is 2.97. The molecule has 4 nitrogen and oxygen atoms in total. The van der Waals surface area contributed by atoms with Gasteiger partial charge in [-0.05, 0) is 30.2 Å². The van der Waals surface area contributed by atoms with Crippen molar-refractivity contribution in [3.8, 4) is 0 Å². The fraction of sp³-hybridized carbons (Fsp3) is 0.286. The minimum absolute atomic E-state index is 0.183. The van der Waals surface area contributed by atoms with Gasteiger partial charge in [-0.2, -0.15) is 0 Å². The molecule has 2 rings (SSSR count). The molecule has 1 aliphatic heterocycles. The van der Waals surface area contributed by atoms with E-state index < -0.39 is 0 Å². The van der Waals surface area contributed by atoms with Crippen molar-refractivity contribution in [2.45, 2.75) is 19.4 Å². The first-order valence-electron chi connectivity index (χ1n) is 6.00. The first-order valence-corrected chi connectivity index (χ1v) is 6.00. The summed E-state index contributed by atoms with van der Waals surface area (Å²) in [6.45, 7) is 4.66. The summed E-state index contributed by atoms with van der Waals surface area (Å²) in [6, 6.07) is 7.67. The van der Waals surface area contributed by atoms with E-state index in [1.807, 2.05) is 24.3 Å². The molecule has 18 heavy (non-hydrogen) atoms. The van der Waals surface area contributed by atoms with E-state index in [1.54, 1.807) is 4.90 Å². The van der Waals surface area contributed by atoms with Gasteiger partial charge in [-0.25, -0.2) is 0 Å². The van der Waals surface area contributed by atoms with E-state index in [2.05, 4.69) is 11.9 Å². The van der Waals surface area contributed by atoms with Crippen LogP contribution >= 0.6 is 0 Å². The summed E-state index contributed by atoms with van der Waals surface area (Å²) in [5.74, 6) is -0.00323. The fourth-order valence-corrected chi connectivity index (χ4v) is 1.98. The summed E-state index contributed by atoms with van der Waals surface area (Å²) in [5.41, 5.74) is 1.93. The molecule has 0 radical (unpaired) electrons. The lowest BCUT2D eigenvalue weighted by Crippen LogP contribution is -2.23. The van der Waals surface area contributed by atoms with Gasteiger partial charge in [0.1, 0.15) is 0 Å². The number of hydrogen-bond acceptors (Lipinski definition) is 2. The Hall–Kier alpha value is -2.10. The second kappa shape index (κ2) is 5.49. The summed E-state index contributed by atoms with van der Waals surface area (Å²) >= 11 is 0. The van der Waals surface area contributed by atoms with Crippen molar-refractivity contribution >= 4 is 17.5 Å². The van der Waals surface area contributed by atoms with Gasteiger partial charge < -0.3 is 10.2 Å². The second-order valence-corrected chi connectivity index (χ2v) is 4.24. The van der Waals surface area contributed by atoms with E-state index >= 15 is 0 Å². The van der Waals surface area contributed by atoms with E-state index in [9.17, 15) is 9.59 Å². The lowest BCUT2D eigenvalue weighted by atomic mass is 10.2. The molecule has 4 heteroatoms. The van der Waals surface area contributed by atoms with Crippen molar-refractivity contribution in [2.75, 3.05) is 11.4 Å². The van der Waals surface area contributed by atoms with Gasteiger partial charge in [0.05, 0.1) is 0 Å². The van der Waals surface area contributed by atoms with Crippen LogP contribution in [0, 0.1) is 0 Å². The maximum atomic E-state index is 11.6. The molecule has 1 aromatic rings. The molecule has 0 atom stereocenters. The molecule has 1 N–H and O–H groups in total. The summed E-state index contributed by atoms with van der Waals surface area (Å²) in [4.78, 5) is 24.4. The van der Waals surface area contributed by atoms with E-state index in [4.69, 9.17) is 0 Å². The minimum atomic E-state index is -0.186. The first-order chi connectivity index (χ1) is 8.70. The number of carbonyl (C=O) groups is 2. The standard InChI is InChI=1S/C14H16N2O2/c1-2-13(17)15-10-11-5-7-12(8-6-11)16-9-3-4-14(16)18/h2,5-8H,1,3-4,9-10H2,(H,15,17). The Labute approximate surface area is 106 Å². The number of amides is 2. The van der Waals surface area contributed by atoms with Crippen molar-refractivity contribution < 1.29 is 9.59 Å². The molecule has 94 valence electrons. The molecule has 0 saturated carbocycles. The molecule has 1 fully saturated rings. The van der Waals surface area contributed by atoms with Crippen LogP contribution in [0.15, 0.2) is 36.9 Å². The number of hydrogen-bond donors (Lipinski definition) is 1. The maximum absolute atomic E-state index is 11.6. The van der Waals surface area contributed by atoms with E-state index in [1.165, 1.54) is 6.08 Å². The number of anilines is 1. The number of carbonyl (C=O) groups excluding carboxylic acids is 2. The maximum Gasteiger partial charge on any atom is 0.243 e. The summed E-state index contributed by atoms with van der Waals surface area (Å²) < 4.78 is 0. The molecule has 1 saturated heterocycles. The average Bonchev–Trinajstić information content (AvgIpc) is 2.83. The quantitative estimate of drug-likeness (QED) is 0.818. The molecule has 0 aromatic heterocycles. The van der Waals surface area contributed by atoms with Crippen LogP contribution < -0.4 is 10.2 Å². The highest BCUT2D eigenvalue weighted by Gasteiger charge is 2.21. The average molecular weight is 244 g/mol. The van der Waals surface area contributed by atoms with Gasteiger partial charge in [0.2, 0.25) is 11.8 Å². The predicted molar refractivity (Wildman–Crippen MR) is 70.1 cm³/mol. The topological polar surface area (TPSA) is 49.4 Å². The number of rotatable bonds is 4. The fourth-order valence-electron chi connectivity index (χ4n) is 1.98. The molecule has 2 amide bonds. The highest BCUT2D eigenvalue weighted by Crippen LogP contribution is 2.21. The Morgan fingerprint density at radius 3 is 2.67 bits per heavy atom. The van der Waals surface area contributed by atoms with Gasteiger partial charge >= 0.3 is 0 Å². The zero-order valence-corrected chi connectivity index (χ0v) is 10.2. The van der Waals surface area contributed by atoms with Crippen LogP contribution in [0.25, 0.3) is 0 Å². The highest BCUT2D eigenvalue weighted by molar-refractivity contribution is 5.95. The van der Waals surface area contributed by atoms with Crippen LogP contribution in [0.1, 0.15) is 18.4 Å².